The molecule has 0 spiro atoms. The fourth-order valence-electron chi connectivity index (χ4n) is 9.28. The summed E-state index contributed by atoms with van der Waals surface area (Å²) in [5.41, 5.74) is 12.2. The van der Waals surface area contributed by atoms with Gasteiger partial charge >= 0.3 is 0 Å². The molecule has 0 saturated heterocycles. The first kappa shape index (κ1) is 31.0. The van der Waals surface area contributed by atoms with E-state index in [1.165, 1.54) is 81.9 Å². The fraction of sp³-hybridized carbons (Fsp3) is 0. The molecule has 0 bridgehead atoms. The van der Waals surface area contributed by atoms with Crippen LogP contribution in [0.25, 0.3) is 121 Å². The van der Waals surface area contributed by atoms with E-state index in [-0.39, 0.29) is 0 Å². The zero-order chi connectivity index (χ0) is 36.7. The number of para-hydroxylation sites is 1. The Morgan fingerprint density at radius 1 is 0.304 bits per heavy atom. The molecular formula is C54H32O2. The van der Waals surface area contributed by atoms with E-state index in [0.717, 1.165) is 38.6 Å². The topological polar surface area (TPSA) is 26.3 Å². The third-order valence-corrected chi connectivity index (χ3v) is 11.7. The van der Waals surface area contributed by atoms with Gasteiger partial charge in [0.05, 0.1) is 6.26 Å². The van der Waals surface area contributed by atoms with Crippen molar-refractivity contribution in [3.8, 4) is 44.5 Å². The lowest BCUT2D eigenvalue weighted by Gasteiger charge is -2.19. The predicted octanol–water partition coefficient (Wildman–Crippen LogP) is 15.6. The molecule has 0 amide bonds. The van der Waals surface area contributed by atoms with Gasteiger partial charge in [-0.05, 0) is 112 Å². The molecule has 12 rings (SSSR count). The van der Waals surface area contributed by atoms with Crippen molar-refractivity contribution in [3.05, 3.63) is 194 Å². The minimum Gasteiger partial charge on any atom is -0.464 e. The standard InChI is InChI=1S/C54H32O2/c1-2-15-38-33(11-1)25-28-50-53(38)48-32-36(26-27-49(48)56-50)35-13-7-14-37(31-35)51-43-16-3-5-18-45(43)52(46-19-6-4-17-44(46)51)42-23-10-20-39-40(42)21-9-22-41(39)47-24-8-12-34-29-30-55-54(34)47/h1-32H. The second kappa shape index (κ2) is 12.0. The summed E-state index contributed by atoms with van der Waals surface area (Å²) in [6.45, 7) is 0. The first-order valence-electron chi connectivity index (χ1n) is 19.2. The Bertz CT molecular complexity index is 3490. The Balaban J connectivity index is 1.07. The molecular weight excluding hydrogens is 681 g/mol. The number of benzene rings is 10. The van der Waals surface area contributed by atoms with Gasteiger partial charge in [-0.15, -0.1) is 0 Å². The molecule has 0 unspecified atom stereocenters. The number of rotatable bonds is 4. The van der Waals surface area contributed by atoms with E-state index in [1.54, 1.807) is 6.26 Å². The van der Waals surface area contributed by atoms with E-state index in [9.17, 15) is 0 Å². The quantitative estimate of drug-likeness (QED) is 0.170. The van der Waals surface area contributed by atoms with Crippen molar-refractivity contribution >= 4 is 76.0 Å². The molecule has 0 aliphatic rings. The smallest absolute Gasteiger partial charge is 0.141 e. The van der Waals surface area contributed by atoms with Gasteiger partial charge in [-0.2, -0.15) is 0 Å². The highest BCUT2D eigenvalue weighted by Gasteiger charge is 2.20. The van der Waals surface area contributed by atoms with Gasteiger partial charge in [0.15, 0.2) is 0 Å². The first-order chi connectivity index (χ1) is 27.8. The van der Waals surface area contributed by atoms with Crippen LogP contribution in [-0.4, -0.2) is 0 Å². The van der Waals surface area contributed by atoms with Gasteiger partial charge in [-0.25, -0.2) is 0 Å². The first-order valence-corrected chi connectivity index (χ1v) is 19.2. The summed E-state index contributed by atoms with van der Waals surface area (Å²) in [6, 6.07) is 68.1. The molecule has 56 heavy (non-hydrogen) atoms. The lowest BCUT2D eigenvalue weighted by atomic mass is 9.83. The zero-order valence-electron chi connectivity index (χ0n) is 30.3. The molecule has 12 aromatic rings. The number of hydrogen-bond acceptors (Lipinski definition) is 2. The minimum atomic E-state index is 0.905. The van der Waals surface area contributed by atoms with Crippen molar-refractivity contribution in [2.24, 2.45) is 0 Å². The number of furan rings is 2. The van der Waals surface area contributed by atoms with Crippen molar-refractivity contribution in [2.45, 2.75) is 0 Å². The van der Waals surface area contributed by atoms with Crippen molar-refractivity contribution in [3.63, 3.8) is 0 Å². The molecule has 2 heteroatoms. The fourth-order valence-corrected chi connectivity index (χ4v) is 9.28. The largest absolute Gasteiger partial charge is 0.464 e. The molecule has 0 fully saturated rings. The Labute approximate surface area is 322 Å². The van der Waals surface area contributed by atoms with Gasteiger partial charge in [-0.1, -0.05) is 158 Å². The third kappa shape index (κ3) is 4.57. The molecule has 0 aliphatic carbocycles. The van der Waals surface area contributed by atoms with Crippen LogP contribution in [0.4, 0.5) is 0 Å². The van der Waals surface area contributed by atoms with E-state index in [0.29, 0.717) is 0 Å². The molecule has 2 aromatic heterocycles. The number of fused-ring (bicyclic) bond motifs is 9. The highest BCUT2D eigenvalue weighted by molar-refractivity contribution is 6.24. The van der Waals surface area contributed by atoms with E-state index in [2.05, 4.69) is 182 Å². The van der Waals surface area contributed by atoms with Gasteiger partial charge in [0.1, 0.15) is 16.7 Å². The molecule has 0 atom stereocenters. The SMILES string of the molecule is c1cc(-c2ccc3oc4ccc5ccccc5c4c3c2)cc(-c2c3ccccc3c(-c3cccc4c(-c5cccc6ccoc56)cccc34)c3ccccc23)c1. The number of hydrogen-bond donors (Lipinski definition) is 0. The second-order valence-electron chi connectivity index (χ2n) is 14.7. The summed E-state index contributed by atoms with van der Waals surface area (Å²) in [4.78, 5) is 0. The van der Waals surface area contributed by atoms with Crippen LogP contribution >= 0.6 is 0 Å². The Morgan fingerprint density at radius 3 is 1.68 bits per heavy atom. The van der Waals surface area contributed by atoms with Crippen LogP contribution in [0, 0.1) is 0 Å². The molecule has 2 nitrogen and oxygen atoms in total. The van der Waals surface area contributed by atoms with E-state index in [1.807, 2.05) is 6.07 Å². The van der Waals surface area contributed by atoms with Gasteiger partial charge in [0.2, 0.25) is 0 Å². The van der Waals surface area contributed by atoms with Crippen molar-refractivity contribution in [1.29, 1.82) is 0 Å². The second-order valence-corrected chi connectivity index (χ2v) is 14.7. The van der Waals surface area contributed by atoms with Crippen molar-refractivity contribution in [1.82, 2.24) is 0 Å². The van der Waals surface area contributed by atoms with Crippen LogP contribution in [0.1, 0.15) is 0 Å². The zero-order valence-corrected chi connectivity index (χ0v) is 30.3. The maximum atomic E-state index is 6.35. The summed E-state index contributed by atoms with van der Waals surface area (Å²) in [7, 11) is 0. The predicted molar refractivity (Wildman–Crippen MR) is 235 cm³/mol. The lowest BCUT2D eigenvalue weighted by Crippen LogP contribution is -1.92. The maximum Gasteiger partial charge on any atom is 0.141 e. The van der Waals surface area contributed by atoms with Crippen LogP contribution in [0.5, 0.6) is 0 Å². The van der Waals surface area contributed by atoms with Gasteiger partial charge < -0.3 is 8.83 Å². The maximum absolute atomic E-state index is 6.35. The summed E-state index contributed by atoms with van der Waals surface area (Å²) in [5.74, 6) is 0. The summed E-state index contributed by atoms with van der Waals surface area (Å²) < 4.78 is 12.4. The molecule has 2 heterocycles. The summed E-state index contributed by atoms with van der Waals surface area (Å²) in [6.07, 6.45) is 1.78. The highest BCUT2D eigenvalue weighted by atomic mass is 16.3. The molecule has 0 aliphatic heterocycles. The average molecular weight is 713 g/mol. The minimum absolute atomic E-state index is 0.905. The van der Waals surface area contributed by atoms with Gasteiger partial charge in [-0.3, -0.25) is 0 Å². The van der Waals surface area contributed by atoms with E-state index in [4.69, 9.17) is 8.83 Å². The van der Waals surface area contributed by atoms with E-state index < -0.39 is 0 Å². The average Bonchev–Trinajstić information content (AvgIpc) is 3.90. The Hall–Kier alpha value is -7.42. The highest BCUT2D eigenvalue weighted by Crippen LogP contribution is 2.47. The molecule has 0 N–H and O–H groups in total. The van der Waals surface area contributed by atoms with E-state index >= 15 is 0 Å². The van der Waals surface area contributed by atoms with Crippen LogP contribution < -0.4 is 0 Å². The van der Waals surface area contributed by atoms with Crippen molar-refractivity contribution < 1.29 is 8.83 Å². The normalized spacial score (nSPS) is 11.9. The van der Waals surface area contributed by atoms with Gasteiger partial charge in [0, 0.05) is 21.7 Å². The molecule has 260 valence electrons. The van der Waals surface area contributed by atoms with Crippen LogP contribution in [-0.2, 0) is 0 Å². The Morgan fingerprint density at radius 2 is 0.875 bits per heavy atom. The van der Waals surface area contributed by atoms with Crippen LogP contribution in [0.15, 0.2) is 203 Å². The van der Waals surface area contributed by atoms with Crippen LogP contribution in [0.2, 0.25) is 0 Å². The summed E-state index contributed by atoms with van der Waals surface area (Å²) >= 11 is 0. The monoisotopic (exact) mass is 712 g/mol. The lowest BCUT2D eigenvalue weighted by molar-refractivity contribution is 0.617. The third-order valence-electron chi connectivity index (χ3n) is 11.7. The van der Waals surface area contributed by atoms with Crippen molar-refractivity contribution in [2.75, 3.05) is 0 Å². The van der Waals surface area contributed by atoms with Crippen LogP contribution in [0.3, 0.4) is 0 Å². The van der Waals surface area contributed by atoms with Gasteiger partial charge in [0.25, 0.3) is 0 Å². The summed E-state index contributed by atoms with van der Waals surface area (Å²) in [5, 5.41) is 13.2. The molecule has 10 aromatic carbocycles. The molecule has 0 saturated carbocycles. The molecule has 0 radical (unpaired) electrons. The Kier molecular flexibility index (Phi) is 6.66.